The van der Waals surface area contributed by atoms with Gasteiger partial charge in [-0.3, -0.25) is 4.79 Å². The number of amides is 1. The number of nitrogens with zero attached hydrogens (tertiary/aromatic N) is 1. The molecule has 0 rings (SSSR count). The lowest BCUT2D eigenvalue weighted by molar-refractivity contribution is -0.126. The van der Waals surface area contributed by atoms with Crippen molar-refractivity contribution in [1.29, 1.82) is 0 Å². The molecule has 0 aromatic carbocycles. The predicted octanol–water partition coefficient (Wildman–Crippen LogP) is 0.543. The minimum Gasteiger partial charge on any atom is -0.393 e. The van der Waals surface area contributed by atoms with Crippen LogP contribution < -0.4 is 0 Å². The smallest absolute Gasteiger partial charge is 0.245 e. The van der Waals surface area contributed by atoms with Crippen LogP contribution in [0.1, 0.15) is 26.7 Å². The molecule has 88 valence electrons. The van der Waals surface area contributed by atoms with Crippen molar-refractivity contribution in [3.05, 3.63) is 12.7 Å². The van der Waals surface area contributed by atoms with Gasteiger partial charge >= 0.3 is 0 Å². The van der Waals surface area contributed by atoms with Crippen LogP contribution in [0.25, 0.3) is 0 Å². The van der Waals surface area contributed by atoms with E-state index in [9.17, 15) is 4.79 Å². The first-order valence-electron chi connectivity index (χ1n) is 5.24. The third kappa shape index (κ3) is 7.11. The highest BCUT2D eigenvalue weighted by molar-refractivity contribution is 5.86. The van der Waals surface area contributed by atoms with Crippen LogP contribution in [0, 0.1) is 0 Å². The molecule has 0 radical (unpaired) electrons. The van der Waals surface area contributed by atoms with Gasteiger partial charge in [-0.25, -0.2) is 0 Å². The second-order valence-electron chi connectivity index (χ2n) is 3.80. The molecule has 0 saturated heterocycles. The summed E-state index contributed by atoms with van der Waals surface area (Å²) in [6.07, 6.45) is 1.50. The average Bonchev–Trinajstić information content (AvgIpc) is 2.16. The zero-order valence-electron chi connectivity index (χ0n) is 9.52. The first-order valence-corrected chi connectivity index (χ1v) is 5.24. The largest absolute Gasteiger partial charge is 0.393 e. The van der Waals surface area contributed by atoms with E-state index in [0.717, 1.165) is 0 Å². The molecule has 0 fully saturated rings. The standard InChI is InChI=1S/C11H21NO3/c1-4-11(15)12(7-5-9(2)13)8-6-10(3)14/h4,9-10,13-14H,1,5-8H2,2-3H3. The molecule has 0 saturated carbocycles. The molecule has 0 aliphatic carbocycles. The molecule has 0 aliphatic rings. The van der Waals surface area contributed by atoms with E-state index in [0.29, 0.717) is 25.9 Å². The van der Waals surface area contributed by atoms with E-state index in [-0.39, 0.29) is 5.91 Å². The number of hydrogen-bond acceptors (Lipinski definition) is 3. The minimum absolute atomic E-state index is 0.156. The summed E-state index contributed by atoms with van der Waals surface area (Å²) < 4.78 is 0. The molecule has 0 spiro atoms. The molecule has 2 unspecified atom stereocenters. The fraction of sp³-hybridized carbons (Fsp3) is 0.727. The molecule has 4 nitrogen and oxygen atoms in total. The molecule has 4 heteroatoms. The van der Waals surface area contributed by atoms with Crippen molar-refractivity contribution in [2.24, 2.45) is 0 Å². The van der Waals surface area contributed by atoms with Gasteiger partial charge in [0, 0.05) is 13.1 Å². The van der Waals surface area contributed by atoms with E-state index in [1.807, 2.05) is 0 Å². The van der Waals surface area contributed by atoms with E-state index in [4.69, 9.17) is 10.2 Å². The summed E-state index contributed by atoms with van der Waals surface area (Å²) in [6, 6.07) is 0. The Morgan fingerprint density at radius 1 is 1.27 bits per heavy atom. The van der Waals surface area contributed by atoms with Crippen molar-refractivity contribution in [2.75, 3.05) is 13.1 Å². The van der Waals surface area contributed by atoms with E-state index in [2.05, 4.69) is 6.58 Å². The van der Waals surface area contributed by atoms with Gasteiger partial charge in [-0.15, -0.1) is 0 Å². The second kappa shape index (κ2) is 7.43. The molecule has 0 aromatic heterocycles. The van der Waals surface area contributed by atoms with Crippen LogP contribution in [-0.4, -0.2) is 46.3 Å². The second-order valence-corrected chi connectivity index (χ2v) is 3.80. The van der Waals surface area contributed by atoms with Crippen LogP contribution in [0.4, 0.5) is 0 Å². The molecule has 0 heterocycles. The first-order chi connectivity index (χ1) is 6.97. The Morgan fingerprint density at radius 2 is 1.67 bits per heavy atom. The lowest BCUT2D eigenvalue weighted by Gasteiger charge is -2.22. The Morgan fingerprint density at radius 3 is 1.93 bits per heavy atom. The van der Waals surface area contributed by atoms with Crippen molar-refractivity contribution in [2.45, 2.75) is 38.9 Å². The molecule has 1 amide bonds. The van der Waals surface area contributed by atoms with Gasteiger partial charge in [0.05, 0.1) is 12.2 Å². The zero-order valence-corrected chi connectivity index (χ0v) is 9.52. The topological polar surface area (TPSA) is 60.8 Å². The summed E-state index contributed by atoms with van der Waals surface area (Å²) >= 11 is 0. The average molecular weight is 215 g/mol. The molecule has 2 atom stereocenters. The summed E-state index contributed by atoms with van der Waals surface area (Å²) in [5.74, 6) is -0.156. The predicted molar refractivity (Wildman–Crippen MR) is 59.4 cm³/mol. The number of aliphatic hydroxyl groups is 2. The summed E-state index contributed by atoms with van der Waals surface area (Å²) in [5.41, 5.74) is 0. The number of rotatable bonds is 7. The van der Waals surface area contributed by atoms with Gasteiger partial charge in [-0.2, -0.15) is 0 Å². The normalized spacial score (nSPS) is 14.4. The summed E-state index contributed by atoms with van der Waals surface area (Å²) in [7, 11) is 0. The third-order valence-corrected chi connectivity index (χ3v) is 2.12. The number of aliphatic hydroxyl groups excluding tert-OH is 2. The Kier molecular flexibility index (Phi) is 6.99. The number of hydrogen-bond donors (Lipinski definition) is 2. The van der Waals surface area contributed by atoms with Crippen LogP contribution >= 0.6 is 0 Å². The third-order valence-electron chi connectivity index (χ3n) is 2.12. The number of carbonyl (C=O) groups excluding carboxylic acids is 1. The van der Waals surface area contributed by atoms with Gasteiger partial charge < -0.3 is 15.1 Å². The Hall–Kier alpha value is -0.870. The van der Waals surface area contributed by atoms with Gasteiger partial charge in [0.15, 0.2) is 0 Å². The molecule has 0 bridgehead atoms. The quantitative estimate of drug-likeness (QED) is 0.609. The maximum absolute atomic E-state index is 11.4. The van der Waals surface area contributed by atoms with Crippen LogP contribution in [0.2, 0.25) is 0 Å². The van der Waals surface area contributed by atoms with Crippen molar-refractivity contribution in [3.63, 3.8) is 0 Å². The molecule has 2 N–H and O–H groups in total. The van der Waals surface area contributed by atoms with E-state index < -0.39 is 12.2 Å². The molecule has 15 heavy (non-hydrogen) atoms. The van der Waals surface area contributed by atoms with Crippen molar-refractivity contribution in [1.82, 2.24) is 4.90 Å². The number of carbonyl (C=O) groups is 1. The molecule has 0 aromatic rings. The van der Waals surface area contributed by atoms with E-state index >= 15 is 0 Å². The van der Waals surface area contributed by atoms with Crippen LogP contribution in [-0.2, 0) is 4.79 Å². The maximum atomic E-state index is 11.4. The van der Waals surface area contributed by atoms with Gasteiger partial charge in [0.1, 0.15) is 0 Å². The fourth-order valence-electron chi connectivity index (χ4n) is 1.15. The zero-order chi connectivity index (χ0) is 11.8. The highest BCUT2D eigenvalue weighted by atomic mass is 16.3. The van der Waals surface area contributed by atoms with Crippen molar-refractivity contribution >= 4 is 5.91 Å². The van der Waals surface area contributed by atoms with Gasteiger partial charge in [-0.1, -0.05) is 6.58 Å². The Labute approximate surface area is 91.2 Å². The molecule has 0 aliphatic heterocycles. The summed E-state index contributed by atoms with van der Waals surface area (Å²) in [5, 5.41) is 18.2. The Balaban J connectivity index is 4.06. The van der Waals surface area contributed by atoms with E-state index in [1.54, 1.807) is 18.7 Å². The van der Waals surface area contributed by atoms with E-state index in [1.165, 1.54) is 6.08 Å². The highest BCUT2D eigenvalue weighted by Gasteiger charge is 2.11. The minimum atomic E-state index is -0.420. The van der Waals surface area contributed by atoms with Crippen LogP contribution in [0.3, 0.4) is 0 Å². The summed E-state index contributed by atoms with van der Waals surface area (Å²) in [4.78, 5) is 13.0. The van der Waals surface area contributed by atoms with Gasteiger partial charge in [-0.05, 0) is 32.8 Å². The van der Waals surface area contributed by atoms with Gasteiger partial charge in [0.2, 0.25) is 5.91 Å². The lowest BCUT2D eigenvalue weighted by Crippen LogP contribution is -2.34. The molecular formula is C11H21NO3. The van der Waals surface area contributed by atoms with Crippen LogP contribution in [0.15, 0.2) is 12.7 Å². The summed E-state index contributed by atoms with van der Waals surface area (Å²) in [6.45, 7) is 7.78. The first kappa shape index (κ1) is 14.1. The van der Waals surface area contributed by atoms with Crippen molar-refractivity contribution < 1.29 is 15.0 Å². The highest BCUT2D eigenvalue weighted by Crippen LogP contribution is 2.01. The Bertz CT molecular complexity index is 190. The maximum Gasteiger partial charge on any atom is 0.245 e. The fourth-order valence-corrected chi connectivity index (χ4v) is 1.15. The monoisotopic (exact) mass is 215 g/mol. The van der Waals surface area contributed by atoms with Crippen LogP contribution in [0.5, 0.6) is 0 Å². The molecular weight excluding hydrogens is 194 g/mol. The lowest BCUT2D eigenvalue weighted by atomic mass is 10.2. The van der Waals surface area contributed by atoms with Crippen molar-refractivity contribution in [3.8, 4) is 0 Å². The van der Waals surface area contributed by atoms with Gasteiger partial charge in [0.25, 0.3) is 0 Å². The SMILES string of the molecule is C=CC(=O)N(CCC(C)O)CCC(C)O.